The van der Waals surface area contributed by atoms with Crippen LogP contribution in [0.5, 0.6) is 0 Å². The molecular weight excluding hydrogens is 484 g/mol. The first-order valence-electron chi connectivity index (χ1n) is 11.8. The standard InChI is InChI=1S/C16H19NO.C14H16BrN/c1-11-8-9-12(2)17(11)13(3)15-6-5-7-16(10-15)14(4)18;1-10-7-8-11(2)16(10)12(3)13-5-4-6-14(15)9-13/h5-10,13H,1-4H3;4-9,12H,1-3H3/t13-;12-/m11/s1. The topological polar surface area (TPSA) is 26.9 Å². The molecule has 4 rings (SSSR count). The summed E-state index contributed by atoms with van der Waals surface area (Å²) in [5.41, 5.74) is 8.39. The van der Waals surface area contributed by atoms with E-state index in [0.717, 1.165) is 10.0 Å². The van der Waals surface area contributed by atoms with Crippen molar-refractivity contribution in [2.45, 2.75) is 60.5 Å². The molecule has 0 aliphatic carbocycles. The molecule has 0 fully saturated rings. The van der Waals surface area contributed by atoms with E-state index in [1.807, 2.05) is 18.2 Å². The third kappa shape index (κ3) is 5.79. The van der Waals surface area contributed by atoms with E-state index < -0.39 is 0 Å². The number of rotatable bonds is 5. The van der Waals surface area contributed by atoms with Crippen LogP contribution in [0.25, 0.3) is 0 Å². The predicted molar refractivity (Wildman–Crippen MR) is 146 cm³/mol. The fourth-order valence-electron chi connectivity index (χ4n) is 4.66. The van der Waals surface area contributed by atoms with Crippen molar-refractivity contribution >= 4 is 21.7 Å². The second-order valence-corrected chi connectivity index (χ2v) is 9.98. The monoisotopic (exact) mass is 518 g/mol. The minimum atomic E-state index is 0.116. The van der Waals surface area contributed by atoms with Crippen LogP contribution in [0.4, 0.5) is 0 Å². The minimum Gasteiger partial charge on any atom is -0.342 e. The maximum Gasteiger partial charge on any atom is 0.159 e. The van der Waals surface area contributed by atoms with Gasteiger partial charge in [0.25, 0.3) is 0 Å². The van der Waals surface area contributed by atoms with Crippen molar-refractivity contribution in [3.05, 3.63) is 117 Å². The Morgan fingerprint density at radius 2 is 1.09 bits per heavy atom. The zero-order chi connectivity index (χ0) is 25.0. The smallest absolute Gasteiger partial charge is 0.159 e. The van der Waals surface area contributed by atoms with Gasteiger partial charge in [0.2, 0.25) is 0 Å². The van der Waals surface area contributed by atoms with Crippen LogP contribution in [0.15, 0.2) is 77.3 Å². The summed E-state index contributed by atoms with van der Waals surface area (Å²) in [6.45, 7) is 14.5. The van der Waals surface area contributed by atoms with Crippen LogP contribution in [0.3, 0.4) is 0 Å². The zero-order valence-electron chi connectivity index (χ0n) is 21.3. The van der Waals surface area contributed by atoms with Gasteiger partial charge >= 0.3 is 0 Å². The minimum absolute atomic E-state index is 0.116. The number of hydrogen-bond acceptors (Lipinski definition) is 1. The van der Waals surface area contributed by atoms with Gasteiger partial charge < -0.3 is 9.13 Å². The summed E-state index contributed by atoms with van der Waals surface area (Å²) in [7, 11) is 0. The normalized spacial score (nSPS) is 12.6. The summed E-state index contributed by atoms with van der Waals surface area (Å²) < 4.78 is 5.79. The Hall–Kier alpha value is -2.85. The number of Topliss-reactive ketones (excluding diaryl/α,β-unsaturated/α-hetero) is 1. The maximum atomic E-state index is 11.4. The fraction of sp³-hybridized carbons (Fsp3) is 0.300. The second kappa shape index (κ2) is 11.1. The van der Waals surface area contributed by atoms with Crippen LogP contribution in [-0.2, 0) is 0 Å². The fourth-order valence-corrected chi connectivity index (χ4v) is 5.08. The molecule has 0 spiro atoms. The van der Waals surface area contributed by atoms with Crippen molar-refractivity contribution in [3.63, 3.8) is 0 Å². The highest BCUT2D eigenvalue weighted by molar-refractivity contribution is 9.10. The van der Waals surface area contributed by atoms with Crippen molar-refractivity contribution in [3.8, 4) is 0 Å². The van der Waals surface area contributed by atoms with E-state index >= 15 is 0 Å². The van der Waals surface area contributed by atoms with E-state index in [0.29, 0.717) is 6.04 Å². The third-order valence-electron chi connectivity index (χ3n) is 6.53. The molecule has 2 aromatic carbocycles. The van der Waals surface area contributed by atoms with Crippen LogP contribution in [0, 0.1) is 27.7 Å². The molecule has 2 aromatic heterocycles. The average Bonchev–Trinajstić information content (AvgIpc) is 3.33. The molecule has 0 bridgehead atoms. The molecular formula is C30H35BrN2O. The van der Waals surface area contributed by atoms with Crippen LogP contribution in [0.1, 0.15) is 77.1 Å². The number of nitrogens with zero attached hydrogens (tertiary/aromatic N) is 2. The van der Waals surface area contributed by atoms with Crippen LogP contribution >= 0.6 is 15.9 Å². The molecule has 0 aliphatic heterocycles. The average molecular weight is 520 g/mol. The zero-order valence-corrected chi connectivity index (χ0v) is 22.8. The van der Waals surface area contributed by atoms with E-state index in [1.165, 1.54) is 33.9 Å². The van der Waals surface area contributed by atoms with E-state index in [1.54, 1.807) is 6.92 Å². The van der Waals surface area contributed by atoms with Crippen molar-refractivity contribution in [1.29, 1.82) is 0 Å². The van der Waals surface area contributed by atoms with Gasteiger partial charge in [-0.05, 0) is 102 Å². The van der Waals surface area contributed by atoms with E-state index in [9.17, 15) is 4.79 Å². The lowest BCUT2D eigenvalue weighted by molar-refractivity contribution is 0.101. The Labute approximate surface area is 212 Å². The van der Waals surface area contributed by atoms with Gasteiger partial charge in [-0.1, -0.05) is 46.3 Å². The number of ketones is 1. The molecule has 4 aromatic rings. The molecule has 178 valence electrons. The van der Waals surface area contributed by atoms with Gasteiger partial charge in [0.1, 0.15) is 0 Å². The summed E-state index contributed by atoms with van der Waals surface area (Å²) in [5, 5.41) is 0. The Morgan fingerprint density at radius 3 is 1.50 bits per heavy atom. The molecule has 4 heteroatoms. The number of aryl methyl sites for hydroxylation is 4. The molecule has 3 nitrogen and oxygen atoms in total. The van der Waals surface area contributed by atoms with Crippen molar-refractivity contribution in [2.24, 2.45) is 0 Å². The molecule has 0 aliphatic rings. The molecule has 34 heavy (non-hydrogen) atoms. The largest absolute Gasteiger partial charge is 0.342 e. The Morgan fingerprint density at radius 1 is 0.676 bits per heavy atom. The Kier molecular flexibility index (Phi) is 8.37. The van der Waals surface area contributed by atoms with E-state index in [4.69, 9.17) is 0 Å². The Balaban J connectivity index is 0.000000192. The number of halogens is 1. The van der Waals surface area contributed by atoms with Gasteiger partial charge in [0, 0.05) is 32.8 Å². The summed E-state index contributed by atoms with van der Waals surface area (Å²) in [5.74, 6) is 0.116. The van der Waals surface area contributed by atoms with Gasteiger partial charge in [0.15, 0.2) is 5.78 Å². The maximum absolute atomic E-state index is 11.4. The Bertz CT molecular complexity index is 1240. The lowest BCUT2D eigenvalue weighted by atomic mass is 10.0. The number of aromatic nitrogens is 2. The molecule has 0 saturated heterocycles. The highest BCUT2D eigenvalue weighted by atomic mass is 79.9. The molecule has 2 heterocycles. The second-order valence-electron chi connectivity index (χ2n) is 9.06. The van der Waals surface area contributed by atoms with Gasteiger partial charge in [-0.2, -0.15) is 0 Å². The van der Waals surface area contributed by atoms with Crippen molar-refractivity contribution in [1.82, 2.24) is 9.13 Å². The van der Waals surface area contributed by atoms with E-state index in [2.05, 4.69) is 121 Å². The lowest BCUT2D eigenvalue weighted by Gasteiger charge is -2.19. The summed E-state index contributed by atoms with van der Waals surface area (Å²) in [4.78, 5) is 11.4. The molecule has 0 radical (unpaired) electrons. The van der Waals surface area contributed by atoms with Crippen molar-refractivity contribution < 1.29 is 4.79 Å². The first kappa shape index (κ1) is 25.8. The molecule has 0 unspecified atom stereocenters. The number of carbonyl (C=O) groups excluding carboxylic acids is 1. The van der Waals surface area contributed by atoms with Crippen LogP contribution in [0.2, 0.25) is 0 Å². The number of benzene rings is 2. The quantitative estimate of drug-likeness (QED) is 0.243. The molecule has 0 saturated carbocycles. The van der Waals surface area contributed by atoms with Crippen LogP contribution in [-0.4, -0.2) is 14.9 Å². The highest BCUT2D eigenvalue weighted by Crippen LogP contribution is 2.25. The molecule has 2 atom stereocenters. The predicted octanol–water partition coefficient (Wildman–Crippen LogP) is 8.39. The summed E-state index contributed by atoms with van der Waals surface area (Å²) in [6.07, 6.45) is 0. The van der Waals surface area contributed by atoms with Crippen molar-refractivity contribution in [2.75, 3.05) is 0 Å². The van der Waals surface area contributed by atoms with E-state index in [-0.39, 0.29) is 11.8 Å². The first-order valence-corrected chi connectivity index (χ1v) is 12.5. The molecule has 0 N–H and O–H groups in total. The van der Waals surface area contributed by atoms with Crippen LogP contribution < -0.4 is 0 Å². The first-order chi connectivity index (χ1) is 16.1. The molecule has 0 amide bonds. The number of carbonyl (C=O) groups is 1. The van der Waals surface area contributed by atoms with Gasteiger partial charge in [-0.15, -0.1) is 0 Å². The van der Waals surface area contributed by atoms with Gasteiger partial charge in [-0.25, -0.2) is 0 Å². The lowest BCUT2D eigenvalue weighted by Crippen LogP contribution is -2.10. The van der Waals surface area contributed by atoms with Gasteiger partial charge in [0.05, 0.1) is 12.1 Å². The summed E-state index contributed by atoms with van der Waals surface area (Å²) >= 11 is 3.52. The SMILES string of the molecule is CC(=O)c1cccc([C@@H](C)n2c(C)ccc2C)c1.Cc1ccc(C)n1[C@H](C)c1cccc(Br)c1. The summed E-state index contributed by atoms with van der Waals surface area (Å²) in [6, 6.07) is 25.6. The highest BCUT2D eigenvalue weighted by Gasteiger charge is 2.13. The third-order valence-corrected chi connectivity index (χ3v) is 7.03. The van der Waals surface area contributed by atoms with Gasteiger partial charge in [-0.3, -0.25) is 4.79 Å². The number of hydrogen-bond donors (Lipinski definition) is 0.